The Balaban J connectivity index is 1.38. The number of thiophene rings is 1. The lowest BCUT2D eigenvalue weighted by molar-refractivity contribution is 0.198. The summed E-state index contributed by atoms with van der Waals surface area (Å²) in [6.07, 6.45) is 2.77. The zero-order valence-electron chi connectivity index (χ0n) is 14.4. The molecule has 0 saturated carbocycles. The first-order valence-corrected chi connectivity index (χ1v) is 9.58. The number of nitrogens with zero attached hydrogens (tertiary/aromatic N) is 3. The monoisotopic (exact) mass is 350 g/mol. The van der Waals surface area contributed by atoms with Crippen LogP contribution in [-0.2, 0) is 13.0 Å². The molecule has 0 bridgehead atoms. The van der Waals surface area contributed by atoms with Crippen molar-refractivity contribution in [3.05, 3.63) is 65.3 Å². The second kappa shape index (κ2) is 7.33. The Morgan fingerprint density at radius 2 is 2.04 bits per heavy atom. The second-order valence-electron chi connectivity index (χ2n) is 6.48. The van der Waals surface area contributed by atoms with Crippen molar-refractivity contribution in [2.24, 2.45) is 0 Å². The normalized spacial score (nSPS) is 15.6. The number of hydrogen-bond acceptors (Lipinski definition) is 5. The molecule has 1 aromatic carbocycles. The van der Waals surface area contributed by atoms with Gasteiger partial charge < -0.3 is 5.32 Å². The van der Waals surface area contributed by atoms with E-state index >= 15 is 0 Å². The zero-order valence-corrected chi connectivity index (χ0v) is 15.2. The van der Waals surface area contributed by atoms with Gasteiger partial charge in [-0.05, 0) is 35.9 Å². The fourth-order valence-corrected chi connectivity index (χ4v) is 3.98. The van der Waals surface area contributed by atoms with E-state index in [1.165, 1.54) is 16.0 Å². The average Bonchev–Trinajstić information content (AvgIpc) is 3.21. The minimum absolute atomic E-state index is 0.452. The van der Waals surface area contributed by atoms with Gasteiger partial charge in [0.05, 0.1) is 10.6 Å². The summed E-state index contributed by atoms with van der Waals surface area (Å²) in [6.45, 7) is 5.30. The smallest absolute Gasteiger partial charge is 0.130 e. The molecule has 0 radical (unpaired) electrons. The number of fused-ring (bicyclic) bond motifs is 1. The Labute approximate surface area is 152 Å². The Hall–Kier alpha value is -2.24. The molecular formula is C20H22N4S. The first-order chi connectivity index (χ1) is 12.3. The highest BCUT2D eigenvalue weighted by molar-refractivity contribution is 7.13. The molecule has 1 unspecified atom stereocenters. The quantitative estimate of drug-likeness (QED) is 0.753. The van der Waals surface area contributed by atoms with Gasteiger partial charge in [0.1, 0.15) is 12.1 Å². The molecule has 1 N–H and O–H groups in total. The Kier molecular flexibility index (Phi) is 4.76. The Morgan fingerprint density at radius 1 is 1.16 bits per heavy atom. The second-order valence-corrected chi connectivity index (χ2v) is 7.43. The van der Waals surface area contributed by atoms with Crippen LogP contribution in [-0.4, -0.2) is 34.0 Å². The standard InChI is InChI=1S/C20H22N4S/c1-15(24-9-8-16-5-2-3-6-17(16)13-24)12-21-20-11-18(22-14-23-20)19-7-4-10-25-19/h2-7,10-11,14-15H,8-9,12-13H2,1H3,(H,21,22,23). The fourth-order valence-electron chi connectivity index (χ4n) is 3.29. The molecule has 25 heavy (non-hydrogen) atoms. The lowest BCUT2D eigenvalue weighted by Crippen LogP contribution is -2.41. The predicted molar refractivity (Wildman–Crippen MR) is 104 cm³/mol. The van der Waals surface area contributed by atoms with E-state index in [-0.39, 0.29) is 0 Å². The lowest BCUT2D eigenvalue weighted by Gasteiger charge is -2.33. The molecule has 0 amide bonds. The van der Waals surface area contributed by atoms with Crippen molar-refractivity contribution in [3.63, 3.8) is 0 Å². The molecule has 1 aliphatic heterocycles. The van der Waals surface area contributed by atoms with Crippen molar-refractivity contribution in [2.75, 3.05) is 18.4 Å². The molecule has 5 heteroatoms. The molecule has 0 saturated heterocycles. The number of anilines is 1. The SMILES string of the molecule is CC(CNc1cc(-c2cccs2)ncn1)N1CCc2ccccc2C1. The van der Waals surface area contributed by atoms with E-state index in [4.69, 9.17) is 0 Å². The first kappa shape index (κ1) is 16.2. The molecule has 4 nitrogen and oxygen atoms in total. The van der Waals surface area contributed by atoms with Gasteiger partial charge in [-0.1, -0.05) is 30.3 Å². The van der Waals surface area contributed by atoms with Gasteiger partial charge in [-0.25, -0.2) is 9.97 Å². The molecule has 3 heterocycles. The molecule has 1 atom stereocenters. The first-order valence-electron chi connectivity index (χ1n) is 8.70. The van der Waals surface area contributed by atoms with Crippen molar-refractivity contribution in [1.29, 1.82) is 0 Å². The number of benzene rings is 1. The van der Waals surface area contributed by atoms with Gasteiger partial charge in [0, 0.05) is 31.7 Å². The van der Waals surface area contributed by atoms with Crippen LogP contribution in [0.15, 0.2) is 54.2 Å². The summed E-state index contributed by atoms with van der Waals surface area (Å²) in [6, 6.07) is 15.4. The number of hydrogen-bond donors (Lipinski definition) is 1. The zero-order chi connectivity index (χ0) is 17.1. The molecule has 1 aliphatic rings. The van der Waals surface area contributed by atoms with Crippen molar-refractivity contribution in [2.45, 2.75) is 25.9 Å². The summed E-state index contributed by atoms with van der Waals surface area (Å²) in [5.74, 6) is 0.891. The maximum absolute atomic E-state index is 4.37. The van der Waals surface area contributed by atoms with Crippen LogP contribution in [0.25, 0.3) is 10.6 Å². The minimum Gasteiger partial charge on any atom is -0.368 e. The van der Waals surface area contributed by atoms with E-state index in [1.807, 2.05) is 12.1 Å². The summed E-state index contributed by atoms with van der Waals surface area (Å²) in [5, 5.41) is 5.55. The van der Waals surface area contributed by atoms with Gasteiger partial charge >= 0.3 is 0 Å². The molecular weight excluding hydrogens is 328 g/mol. The van der Waals surface area contributed by atoms with E-state index in [0.29, 0.717) is 6.04 Å². The van der Waals surface area contributed by atoms with E-state index in [9.17, 15) is 0 Å². The van der Waals surface area contributed by atoms with E-state index in [2.05, 4.69) is 62.8 Å². The van der Waals surface area contributed by atoms with Gasteiger partial charge in [0.15, 0.2) is 0 Å². The molecule has 128 valence electrons. The molecule has 0 aliphatic carbocycles. The lowest BCUT2D eigenvalue weighted by atomic mass is 9.99. The van der Waals surface area contributed by atoms with Crippen LogP contribution in [0.1, 0.15) is 18.1 Å². The van der Waals surface area contributed by atoms with Gasteiger partial charge in [0.25, 0.3) is 0 Å². The summed E-state index contributed by atoms with van der Waals surface area (Å²) in [5.41, 5.74) is 3.94. The minimum atomic E-state index is 0.452. The number of rotatable bonds is 5. The van der Waals surface area contributed by atoms with Gasteiger partial charge in [-0.15, -0.1) is 11.3 Å². The topological polar surface area (TPSA) is 41.1 Å². The van der Waals surface area contributed by atoms with Crippen molar-refractivity contribution >= 4 is 17.2 Å². The van der Waals surface area contributed by atoms with Crippen LogP contribution < -0.4 is 5.32 Å². The third-order valence-electron chi connectivity index (χ3n) is 4.80. The van der Waals surface area contributed by atoms with Crippen LogP contribution in [0.4, 0.5) is 5.82 Å². The highest BCUT2D eigenvalue weighted by Gasteiger charge is 2.20. The maximum atomic E-state index is 4.37. The predicted octanol–water partition coefficient (Wildman–Crippen LogP) is 4.06. The van der Waals surface area contributed by atoms with Crippen LogP contribution in [0, 0.1) is 0 Å². The third-order valence-corrected chi connectivity index (χ3v) is 5.70. The molecule has 4 rings (SSSR count). The molecule has 0 fully saturated rings. The molecule has 0 spiro atoms. The van der Waals surface area contributed by atoms with Crippen LogP contribution >= 0.6 is 11.3 Å². The molecule has 3 aromatic rings. The van der Waals surface area contributed by atoms with Crippen molar-refractivity contribution < 1.29 is 0 Å². The summed E-state index contributed by atoms with van der Waals surface area (Å²) in [7, 11) is 0. The summed E-state index contributed by atoms with van der Waals surface area (Å²) < 4.78 is 0. The maximum Gasteiger partial charge on any atom is 0.130 e. The third kappa shape index (κ3) is 3.72. The van der Waals surface area contributed by atoms with Crippen LogP contribution in [0.3, 0.4) is 0 Å². The Morgan fingerprint density at radius 3 is 2.88 bits per heavy atom. The average molecular weight is 350 g/mol. The van der Waals surface area contributed by atoms with E-state index in [1.54, 1.807) is 17.7 Å². The number of aromatic nitrogens is 2. The van der Waals surface area contributed by atoms with Gasteiger partial charge in [0.2, 0.25) is 0 Å². The van der Waals surface area contributed by atoms with Crippen molar-refractivity contribution in [1.82, 2.24) is 14.9 Å². The van der Waals surface area contributed by atoms with Gasteiger partial charge in [-0.3, -0.25) is 4.90 Å². The molecule has 2 aromatic heterocycles. The van der Waals surface area contributed by atoms with Crippen LogP contribution in [0.2, 0.25) is 0 Å². The largest absolute Gasteiger partial charge is 0.368 e. The van der Waals surface area contributed by atoms with E-state index < -0.39 is 0 Å². The van der Waals surface area contributed by atoms with Crippen LogP contribution in [0.5, 0.6) is 0 Å². The van der Waals surface area contributed by atoms with Gasteiger partial charge in [-0.2, -0.15) is 0 Å². The number of nitrogens with one attached hydrogen (secondary N) is 1. The summed E-state index contributed by atoms with van der Waals surface area (Å²) in [4.78, 5) is 12.4. The van der Waals surface area contributed by atoms with Crippen molar-refractivity contribution in [3.8, 4) is 10.6 Å². The fraction of sp³-hybridized carbons (Fsp3) is 0.300. The highest BCUT2D eigenvalue weighted by Crippen LogP contribution is 2.24. The Bertz CT molecular complexity index is 831. The van der Waals surface area contributed by atoms with E-state index in [0.717, 1.165) is 37.6 Å². The summed E-state index contributed by atoms with van der Waals surface area (Å²) >= 11 is 1.70. The highest BCUT2D eigenvalue weighted by atomic mass is 32.1.